The van der Waals surface area contributed by atoms with Crippen LogP contribution in [0.1, 0.15) is 40.5 Å². The lowest BCUT2D eigenvalue weighted by molar-refractivity contribution is -0.125. The third-order valence-electron chi connectivity index (χ3n) is 3.76. The van der Waals surface area contributed by atoms with Gasteiger partial charge in [0.25, 0.3) is 0 Å². The predicted octanol–water partition coefficient (Wildman–Crippen LogP) is 0.806. The fraction of sp³-hybridized carbons (Fsp3) is 0.800. The molecule has 0 bridgehead atoms. The van der Waals surface area contributed by atoms with E-state index in [-0.39, 0.29) is 5.91 Å². The van der Waals surface area contributed by atoms with Crippen LogP contribution >= 0.6 is 0 Å². The molecule has 0 aliphatic carbocycles. The van der Waals surface area contributed by atoms with Gasteiger partial charge in [0.15, 0.2) is 0 Å². The van der Waals surface area contributed by atoms with Gasteiger partial charge in [0.1, 0.15) is 5.60 Å². The molecule has 1 rings (SSSR count). The average Bonchev–Trinajstić information content (AvgIpc) is 2.42. The molecule has 132 valence electrons. The van der Waals surface area contributed by atoms with Crippen LogP contribution in [0.25, 0.3) is 0 Å². The largest absolute Gasteiger partial charge is 0.444 e. The van der Waals surface area contributed by atoms with Crippen molar-refractivity contribution >= 4 is 18.0 Å². The molecule has 1 aliphatic heterocycles. The molecule has 1 atom stereocenters. The first-order chi connectivity index (χ1) is 10.6. The SMILES string of the molecule is C[C@@H](C(=O)NC(N)=O)N1CCC(CNC(=O)OC(C)(C)C)CC1. The van der Waals surface area contributed by atoms with Gasteiger partial charge in [-0.2, -0.15) is 0 Å². The lowest BCUT2D eigenvalue weighted by Crippen LogP contribution is -2.51. The Hall–Kier alpha value is -1.83. The van der Waals surface area contributed by atoms with Gasteiger partial charge in [-0.15, -0.1) is 0 Å². The van der Waals surface area contributed by atoms with E-state index >= 15 is 0 Å². The third kappa shape index (κ3) is 7.32. The molecule has 0 saturated carbocycles. The molecule has 4 N–H and O–H groups in total. The molecule has 0 aromatic rings. The number of hydrogen-bond donors (Lipinski definition) is 3. The second kappa shape index (κ2) is 8.14. The number of nitrogens with zero attached hydrogens (tertiary/aromatic N) is 1. The molecule has 0 aromatic heterocycles. The summed E-state index contributed by atoms with van der Waals surface area (Å²) in [5.74, 6) is -0.0343. The van der Waals surface area contributed by atoms with Crippen LogP contribution in [0.3, 0.4) is 0 Å². The second-order valence-electron chi connectivity index (χ2n) is 6.89. The molecule has 0 aromatic carbocycles. The number of piperidine rings is 1. The molecule has 0 spiro atoms. The summed E-state index contributed by atoms with van der Waals surface area (Å²) < 4.78 is 5.20. The van der Waals surface area contributed by atoms with Crippen molar-refractivity contribution in [3.05, 3.63) is 0 Å². The van der Waals surface area contributed by atoms with Crippen LogP contribution in [-0.4, -0.2) is 54.2 Å². The summed E-state index contributed by atoms with van der Waals surface area (Å²) in [6.45, 7) is 9.24. The van der Waals surface area contributed by atoms with Crippen molar-refractivity contribution in [2.75, 3.05) is 19.6 Å². The lowest BCUT2D eigenvalue weighted by Gasteiger charge is -2.35. The number of likely N-dealkylation sites (tertiary alicyclic amines) is 1. The quantitative estimate of drug-likeness (QED) is 0.706. The number of nitrogens with two attached hydrogens (primary N) is 1. The number of rotatable bonds is 4. The van der Waals surface area contributed by atoms with E-state index < -0.39 is 23.8 Å². The Balaban J connectivity index is 2.31. The number of imide groups is 1. The van der Waals surface area contributed by atoms with Crippen LogP contribution in [0.2, 0.25) is 0 Å². The van der Waals surface area contributed by atoms with Gasteiger partial charge in [0.2, 0.25) is 5.91 Å². The number of nitrogens with one attached hydrogen (secondary N) is 2. The van der Waals surface area contributed by atoms with E-state index in [0.29, 0.717) is 12.5 Å². The third-order valence-corrected chi connectivity index (χ3v) is 3.76. The smallest absolute Gasteiger partial charge is 0.407 e. The summed E-state index contributed by atoms with van der Waals surface area (Å²) in [6, 6.07) is -1.24. The van der Waals surface area contributed by atoms with Crippen molar-refractivity contribution in [2.45, 2.75) is 52.2 Å². The van der Waals surface area contributed by atoms with Gasteiger partial charge in [0.05, 0.1) is 6.04 Å². The van der Waals surface area contributed by atoms with Crippen molar-refractivity contribution in [3.8, 4) is 0 Å². The lowest BCUT2D eigenvalue weighted by atomic mass is 9.96. The van der Waals surface area contributed by atoms with Crippen LogP contribution < -0.4 is 16.4 Å². The van der Waals surface area contributed by atoms with Crippen molar-refractivity contribution in [1.82, 2.24) is 15.5 Å². The van der Waals surface area contributed by atoms with Crippen LogP contribution in [0.5, 0.6) is 0 Å². The standard InChI is InChI=1S/C15H28N4O4/c1-10(12(20)18-13(16)21)19-7-5-11(6-8-19)9-17-14(22)23-15(2,3)4/h10-11H,5-9H2,1-4H3,(H,17,22)(H3,16,18,20,21)/t10-/m0/s1. The fourth-order valence-electron chi connectivity index (χ4n) is 2.48. The van der Waals surface area contributed by atoms with Crippen LogP contribution in [0, 0.1) is 5.92 Å². The topological polar surface area (TPSA) is 114 Å². The zero-order chi connectivity index (χ0) is 17.6. The highest BCUT2D eigenvalue weighted by atomic mass is 16.6. The Morgan fingerprint density at radius 3 is 2.30 bits per heavy atom. The van der Waals surface area contributed by atoms with Gasteiger partial charge in [-0.3, -0.25) is 15.0 Å². The molecule has 8 heteroatoms. The molecular formula is C15H28N4O4. The van der Waals surface area contributed by atoms with Crippen molar-refractivity contribution < 1.29 is 19.1 Å². The molecular weight excluding hydrogens is 300 g/mol. The van der Waals surface area contributed by atoms with Crippen molar-refractivity contribution in [2.24, 2.45) is 11.7 Å². The number of urea groups is 1. The number of carbonyl (C=O) groups is 3. The molecule has 0 radical (unpaired) electrons. The maximum absolute atomic E-state index is 11.8. The highest BCUT2D eigenvalue weighted by molar-refractivity contribution is 5.96. The number of carbonyl (C=O) groups excluding carboxylic acids is 3. The van der Waals surface area contributed by atoms with E-state index in [4.69, 9.17) is 10.5 Å². The monoisotopic (exact) mass is 328 g/mol. The molecule has 1 heterocycles. The zero-order valence-electron chi connectivity index (χ0n) is 14.3. The predicted molar refractivity (Wildman–Crippen MR) is 85.7 cm³/mol. The van der Waals surface area contributed by atoms with E-state index in [0.717, 1.165) is 25.9 Å². The maximum atomic E-state index is 11.8. The first kappa shape index (κ1) is 19.2. The number of ether oxygens (including phenoxy) is 1. The number of primary amides is 1. The first-order valence-corrected chi connectivity index (χ1v) is 7.89. The van der Waals surface area contributed by atoms with E-state index in [9.17, 15) is 14.4 Å². The van der Waals surface area contributed by atoms with Gasteiger partial charge < -0.3 is 15.8 Å². The van der Waals surface area contributed by atoms with E-state index in [1.54, 1.807) is 6.92 Å². The molecule has 0 unspecified atom stereocenters. The number of hydrogen-bond acceptors (Lipinski definition) is 5. The van der Waals surface area contributed by atoms with Crippen molar-refractivity contribution in [1.29, 1.82) is 0 Å². The van der Waals surface area contributed by atoms with Gasteiger partial charge in [-0.1, -0.05) is 0 Å². The molecule has 23 heavy (non-hydrogen) atoms. The molecule has 1 aliphatic rings. The summed E-state index contributed by atoms with van der Waals surface area (Å²) in [7, 11) is 0. The van der Waals surface area contributed by atoms with Crippen LogP contribution in [-0.2, 0) is 9.53 Å². The van der Waals surface area contributed by atoms with Crippen LogP contribution in [0.4, 0.5) is 9.59 Å². The fourth-order valence-corrected chi connectivity index (χ4v) is 2.48. The normalized spacial score (nSPS) is 18.1. The highest BCUT2D eigenvalue weighted by Crippen LogP contribution is 2.18. The van der Waals surface area contributed by atoms with Gasteiger partial charge >= 0.3 is 12.1 Å². The van der Waals surface area contributed by atoms with Crippen molar-refractivity contribution in [3.63, 3.8) is 0 Å². The van der Waals surface area contributed by atoms with Crippen LogP contribution in [0.15, 0.2) is 0 Å². The minimum Gasteiger partial charge on any atom is -0.444 e. The Morgan fingerprint density at radius 2 is 1.83 bits per heavy atom. The summed E-state index contributed by atoms with van der Waals surface area (Å²) >= 11 is 0. The van der Waals surface area contributed by atoms with E-state index in [1.165, 1.54) is 0 Å². The summed E-state index contributed by atoms with van der Waals surface area (Å²) in [4.78, 5) is 36.1. The Labute approximate surface area is 137 Å². The summed E-state index contributed by atoms with van der Waals surface area (Å²) in [6.07, 6.45) is 1.32. The van der Waals surface area contributed by atoms with Gasteiger partial charge in [-0.05, 0) is 59.5 Å². The number of amides is 4. The summed E-state index contributed by atoms with van der Waals surface area (Å²) in [5, 5.41) is 4.88. The minimum absolute atomic E-state index is 0.352. The Bertz CT molecular complexity index is 439. The minimum atomic E-state index is -0.835. The van der Waals surface area contributed by atoms with Gasteiger partial charge in [-0.25, -0.2) is 9.59 Å². The van der Waals surface area contributed by atoms with E-state index in [2.05, 4.69) is 10.6 Å². The summed E-state index contributed by atoms with van der Waals surface area (Å²) in [5.41, 5.74) is 4.45. The average molecular weight is 328 g/mol. The molecule has 4 amide bonds. The Morgan fingerprint density at radius 1 is 1.26 bits per heavy atom. The van der Waals surface area contributed by atoms with E-state index in [1.807, 2.05) is 25.7 Å². The first-order valence-electron chi connectivity index (χ1n) is 7.89. The highest BCUT2D eigenvalue weighted by Gasteiger charge is 2.27. The van der Waals surface area contributed by atoms with Gasteiger partial charge in [0, 0.05) is 6.54 Å². The molecule has 1 saturated heterocycles. The maximum Gasteiger partial charge on any atom is 0.407 e. The Kier molecular flexibility index (Phi) is 6.80. The number of alkyl carbamates (subject to hydrolysis) is 1. The zero-order valence-corrected chi connectivity index (χ0v) is 14.3. The molecule has 8 nitrogen and oxygen atoms in total. The second-order valence-corrected chi connectivity index (χ2v) is 6.89. The molecule has 1 fully saturated rings.